The van der Waals surface area contributed by atoms with Crippen LogP contribution < -0.4 is 20.1 Å². The molecule has 0 radical (unpaired) electrons. The number of carbonyl (C=O) groups is 1. The number of ether oxygens (including phenoxy) is 2. The van der Waals surface area contributed by atoms with Gasteiger partial charge in [-0.3, -0.25) is 9.48 Å². The lowest BCUT2D eigenvalue weighted by Crippen LogP contribution is -2.31. The van der Waals surface area contributed by atoms with Crippen molar-refractivity contribution >= 4 is 17.2 Å². The van der Waals surface area contributed by atoms with Crippen molar-refractivity contribution in [1.82, 2.24) is 49.9 Å². The van der Waals surface area contributed by atoms with Crippen LogP contribution in [0.1, 0.15) is 35.1 Å². The average molecular weight is 602 g/mol. The maximum Gasteiger partial charge on any atom is 0.387 e. The molecular formula is C25H23F4N11O3. The summed E-state index contributed by atoms with van der Waals surface area (Å²) in [7, 11) is 0. The number of tetrazole rings is 1. The molecule has 0 aliphatic carbocycles. The number of fused-ring (bicyclic) bond motifs is 1. The fourth-order valence-electron chi connectivity index (χ4n) is 4.84. The predicted octanol–water partition coefficient (Wildman–Crippen LogP) is 3.01. The molecule has 0 unspecified atom stereocenters. The number of halogens is 4. The molecule has 6 rings (SSSR count). The Hall–Kier alpha value is -5.13. The molecule has 1 saturated heterocycles. The Morgan fingerprint density at radius 2 is 1.95 bits per heavy atom. The van der Waals surface area contributed by atoms with Crippen LogP contribution in [-0.4, -0.2) is 76.8 Å². The number of benzene rings is 1. The summed E-state index contributed by atoms with van der Waals surface area (Å²) in [6, 6.07) is 4.87. The van der Waals surface area contributed by atoms with Gasteiger partial charge in [0.2, 0.25) is 0 Å². The average Bonchev–Trinajstić information content (AvgIpc) is 3.73. The van der Waals surface area contributed by atoms with Crippen molar-refractivity contribution in [2.75, 3.05) is 18.4 Å². The number of amides is 1. The van der Waals surface area contributed by atoms with Gasteiger partial charge in [-0.1, -0.05) is 0 Å². The van der Waals surface area contributed by atoms with Crippen LogP contribution in [0, 0.1) is 0 Å². The van der Waals surface area contributed by atoms with E-state index in [-0.39, 0.29) is 52.2 Å². The summed E-state index contributed by atoms with van der Waals surface area (Å²) in [4.78, 5) is 17.6. The zero-order valence-corrected chi connectivity index (χ0v) is 22.1. The highest BCUT2D eigenvalue weighted by Gasteiger charge is 2.25. The number of hydrogen-bond acceptors (Lipinski definition) is 10. The van der Waals surface area contributed by atoms with Gasteiger partial charge in [0, 0.05) is 18.6 Å². The molecule has 4 aromatic heterocycles. The third-order valence-electron chi connectivity index (χ3n) is 6.70. The second-order valence-electron chi connectivity index (χ2n) is 9.43. The van der Waals surface area contributed by atoms with E-state index in [1.165, 1.54) is 27.8 Å². The molecule has 1 fully saturated rings. The number of hydrogen-bond donors (Lipinski definition) is 2. The van der Waals surface area contributed by atoms with E-state index in [4.69, 9.17) is 0 Å². The van der Waals surface area contributed by atoms with Crippen molar-refractivity contribution in [2.24, 2.45) is 0 Å². The second-order valence-corrected chi connectivity index (χ2v) is 9.43. The van der Waals surface area contributed by atoms with Gasteiger partial charge < -0.3 is 20.1 Å². The van der Waals surface area contributed by atoms with Crippen LogP contribution in [0.4, 0.5) is 23.2 Å². The number of aromatic nitrogens is 9. The first kappa shape index (κ1) is 28.0. The van der Waals surface area contributed by atoms with Gasteiger partial charge in [-0.15, -0.1) is 5.10 Å². The van der Waals surface area contributed by atoms with Crippen molar-refractivity contribution in [2.45, 2.75) is 38.7 Å². The summed E-state index contributed by atoms with van der Waals surface area (Å²) in [6.45, 7) is -4.78. The van der Waals surface area contributed by atoms with Crippen LogP contribution in [0.3, 0.4) is 0 Å². The molecule has 1 aliphatic rings. The Balaban J connectivity index is 1.41. The monoisotopic (exact) mass is 601 g/mol. The van der Waals surface area contributed by atoms with Crippen molar-refractivity contribution in [3.63, 3.8) is 0 Å². The van der Waals surface area contributed by atoms with Crippen molar-refractivity contribution in [3.05, 3.63) is 60.4 Å². The van der Waals surface area contributed by atoms with E-state index in [2.05, 4.69) is 50.8 Å². The largest absolute Gasteiger partial charge is 0.435 e. The number of anilines is 1. The lowest BCUT2D eigenvalue weighted by atomic mass is 10.1. The second kappa shape index (κ2) is 12.0. The molecule has 1 aromatic carbocycles. The molecule has 1 aliphatic heterocycles. The first-order chi connectivity index (χ1) is 20.9. The van der Waals surface area contributed by atoms with E-state index in [1.807, 2.05) is 0 Å². The Labute approximate surface area is 239 Å². The number of rotatable bonds is 10. The third-order valence-corrected chi connectivity index (χ3v) is 6.70. The van der Waals surface area contributed by atoms with Crippen LogP contribution in [0.25, 0.3) is 16.9 Å². The standard InChI is InChI=1S/C25H23F4N11O3/c26-24(27)42-15-2-3-19(43-25(28)29)16(10-15)21-18(33-23(41)17-11-32-39-9-1-6-31-22(17)39)12-38(35-21)13-20-34-36-37-40(20)14-4-7-30-8-5-14/h1-3,6,9-12,14,24-25,30H,4-5,7-8,13H2,(H,33,41). The minimum atomic E-state index is -3.24. The molecule has 0 spiro atoms. The first-order valence-electron chi connectivity index (χ1n) is 13.0. The number of nitrogens with one attached hydrogen (secondary N) is 2. The predicted molar refractivity (Wildman–Crippen MR) is 140 cm³/mol. The van der Waals surface area contributed by atoms with Crippen LogP contribution in [0.15, 0.2) is 49.1 Å². The number of nitrogens with zero attached hydrogens (tertiary/aromatic N) is 9. The molecule has 0 bridgehead atoms. The SMILES string of the molecule is O=C(Nc1cn(Cc2nnnn2C2CCNCC2)nc1-c1cc(OC(F)F)ccc1OC(F)F)c1cnn2cccnc12. The Morgan fingerprint density at radius 1 is 1.14 bits per heavy atom. The van der Waals surface area contributed by atoms with Crippen LogP contribution >= 0.6 is 0 Å². The fourth-order valence-corrected chi connectivity index (χ4v) is 4.84. The Kier molecular flexibility index (Phi) is 7.82. The minimum absolute atomic E-state index is 0.0380. The topological polar surface area (TPSA) is 151 Å². The van der Waals surface area contributed by atoms with Crippen molar-refractivity contribution < 1.29 is 31.8 Å². The Morgan fingerprint density at radius 3 is 2.74 bits per heavy atom. The van der Waals surface area contributed by atoms with E-state index in [9.17, 15) is 22.4 Å². The number of alkyl halides is 4. The Bertz CT molecular complexity index is 1730. The first-order valence-corrected chi connectivity index (χ1v) is 13.0. The molecule has 1 amide bonds. The summed E-state index contributed by atoms with van der Waals surface area (Å²) >= 11 is 0. The fraction of sp³-hybridized carbons (Fsp3) is 0.320. The summed E-state index contributed by atoms with van der Waals surface area (Å²) in [5.41, 5.74) is 0.240. The van der Waals surface area contributed by atoms with Crippen molar-refractivity contribution in [1.29, 1.82) is 0 Å². The smallest absolute Gasteiger partial charge is 0.387 e. The van der Waals surface area contributed by atoms with Gasteiger partial charge in [0.05, 0.1) is 23.5 Å². The van der Waals surface area contributed by atoms with E-state index in [0.717, 1.165) is 44.1 Å². The van der Waals surface area contributed by atoms with Crippen LogP contribution in [0.5, 0.6) is 11.5 Å². The molecule has 43 heavy (non-hydrogen) atoms. The molecule has 14 nitrogen and oxygen atoms in total. The van der Waals surface area contributed by atoms with Gasteiger partial charge in [-0.2, -0.15) is 27.8 Å². The van der Waals surface area contributed by atoms with Crippen molar-refractivity contribution in [3.8, 4) is 22.8 Å². The summed E-state index contributed by atoms with van der Waals surface area (Å²) in [5.74, 6) is -0.885. The van der Waals surface area contributed by atoms with Crippen LogP contribution in [-0.2, 0) is 6.54 Å². The molecule has 2 N–H and O–H groups in total. The molecule has 5 heterocycles. The maximum atomic E-state index is 13.4. The molecule has 0 saturated carbocycles. The summed E-state index contributed by atoms with van der Waals surface area (Å²) in [6.07, 6.45) is 7.48. The zero-order valence-electron chi connectivity index (χ0n) is 22.1. The highest BCUT2D eigenvalue weighted by atomic mass is 19.3. The van der Waals surface area contributed by atoms with E-state index in [1.54, 1.807) is 16.9 Å². The van der Waals surface area contributed by atoms with Gasteiger partial charge in [0.15, 0.2) is 11.5 Å². The van der Waals surface area contributed by atoms with Gasteiger partial charge in [0.25, 0.3) is 5.91 Å². The third kappa shape index (κ3) is 6.08. The highest BCUT2D eigenvalue weighted by Crippen LogP contribution is 2.38. The normalized spacial score (nSPS) is 14.1. The van der Waals surface area contributed by atoms with Gasteiger partial charge in [-0.25, -0.2) is 14.2 Å². The molecular weight excluding hydrogens is 578 g/mol. The van der Waals surface area contributed by atoms with Gasteiger partial charge >= 0.3 is 13.2 Å². The molecule has 18 heteroatoms. The maximum absolute atomic E-state index is 13.4. The number of carbonyl (C=O) groups excluding carboxylic acids is 1. The zero-order chi connectivity index (χ0) is 29.9. The van der Waals surface area contributed by atoms with Gasteiger partial charge in [-0.05, 0) is 60.6 Å². The highest BCUT2D eigenvalue weighted by molar-refractivity contribution is 6.09. The molecule has 0 atom stereocenters. The lowest BCUT2D eigenvalue weighted by Gasteiger charge is -2.23. The summed E-state index contributed by atoms with van der Waals surface area (Å²) in [5, 5.41) is 26.7. The van der Waals surface area contributed by atoms with E-state index >= 15 is 0 Å². The molecule has 5 aromatic rings. The lowest BCUT2D eigenvalue weighted by molar-refractivity contribution is -0.0526. The van der Waals surface area contributed by atoms with E-state index in [0.29, 0.717) is 5.82 Å². The van der Waals surface area contributed by atoms with Gasteiger partial charge in [0.1, 0.15) is 29.3 Å². The van der Waals surface area contributed by atoms with Crippen LogP contribution in [0.2, 0.25) is 0 Å². The summed E-state index contributed by atoms with van der Waals surface area (Å²) < 4.78 is 66.4. The minimum Gasteiger partial charge on any atom is -0.435 e. The van der Waals surface area contributed by atoms with E-state index < -0.39 is 19.1 Å². The number of piperidine rings is 1. The molecule has 224 valence electrons. The quantitative estimate of drug-likeness (QED) is 0.229.